The summed E-state index contributed by atoms with van der Waals surface area (Å²) in [5.74, 6) is -4.20. The molecule has 2 saturated heterocycles. The molecule has 4 aliphatic carbocycles. The summed E-state index contributed by atoms with van der Waals surface area (Å²) in [5, 5.41) is 25.0. The zero-order valence-electron chi connectivity index (χ0n) is 21.2. The molecule has 0 radical (unpaired) electrons. The average Bonchev–Trinajstić information content (AvgIpc) is 3.42. The number of ketones is 1. The monoisotopic (exact) mass is 484 g/mol. The third kappa shape index (κ3) is 2.15. The number of allylic oxidation sites excluding steroid dienone is 1. The van der Waals surface area contributed by atoms with Crippen molar-refractivity contribution in [3.05, 3.63) is 23.3 Å². The second-order valence-electron chi connectivity index (χ2n) is 13.0. The first-order valence-electron chi connectivity index (χ1n) is 13.2. The Balaban J connectivity index is 1.39. The van der Waals surface area contributed by atoms with Gasteiger partial charge in [-0.3, -0.25) is 4.79 Å². The molecule has 2 N–H and O–H groups in total. The van der Waals surface area contributed by atoms with Crippen LogP contribution < -0.4 is 0 Å². The summed E-state index contributed by atoms with van der Waals surface area (Å²) in [4.78, 5) is 26.3. The lowest BCUT2D eigenvalue weighted by molar-refractivity contribution is -0.470. The van der Waals surface area contributed by atoms with Gasteiger partial charge < -0.3 is 24.4 Å². The summed E-state index contributed by atoms with van der Waals surface area (Å²) in [6, 6.07) is 0. The molecule has 7 heteroatoms. The van der Waals surface area contributed by atoms with E-state index in [2.05, 4.69) is 0 Å². The molecule has 7 aliphatic rings. The molecular weight excluding hydrogens is 448 g/mol. The van der Waals surface area contributed by atoms with E-state index in [1.165, 1.54) is 0 Å². The average molecular weight is 485 g/mol. The van der Waals surface area contributed by atoms with Crippen molar-refractivity contribution >= 4 is 11.8 Å². The molecule has 11 atom stereocenters. The number of esters is 1. The quantitative estimate of drug-likeness (QED) is 0.402. The van der Waals surface area contributed by atoms with E-state index in [-0.39, 0.29) is 36.1 Å². The van der Waals surface area contributed by atoms with Gasteiger partial charge in [0, 0.05) is 18.4 Å². The summed E-state index contributed by atoms with van der Waals surface area (Å²) >= 11 is 0. The van der Waals surface area contributed by atoms with Crippen molar-refractivity contribution in [3.63, 3.8) is 0 Å². The number of fused-ring (bicyclic) bond motifs is 3. The molecule has 0 unspecified atom stereocenters. The maximum Gasteiger partial charge on any atom is 0.336 e. The van der Waals surface area contributed by atoms with Gasteiger partial charge in [0.15, 0.2) is 11.6 Å². The molecule has 190 valence electrons. The molecule has 0 aromatic rings. The van der Waals surface area contributed by atoms with E-state index in [0.717, 1.165) is 18.4 Å². The maximum atomic E-state index is 13.5. The van der Waals surface area contributed by atoms with Crippen LogP contribution in [0, 0.1) is 34.5 Å². The number of carbonyl (C=O) groups is 2. The highest BCUT2D eigenvalue weighted by Gasteiger charge is 2.85. The Labute approximate surface area is 205 Å². The summed E-state index contributed by atoms with van der Waals surface area (Å²) in [5.41, 5.74) is -2.12. The smallest absolute Gasteiger partial charge is 0.336 e. The lowest BCUT2D eigenvalue weighted by Crippen LogP contribution is -2.79. The van der Waals surface area contributed by atoms with Crippen LogP contribution in [0.25, 0.3) is 0 Å². The molecule has 3 aliphatic heterocycles. The Hall–Kier alpha value is -1.54. The maximum absolute atomic E-state index is 13.5. The third-order valence-corrected chi connectivity index (χ3v) is 12.4. The molecule has 5 fully saturated rings. The molecule has 0 amide bonds. The topological polar surface area (TPSA) is 106 Å². The van der Waals surface area contributed by atoms with Crippen molar-refractivity contribution in [2.45, 2.75) is 102 Å². The number of hydrogen-bond acceptors (Lipinski definition) is 7. The number of rotatable bonds is 0. The minimum atomic E-state index is -1.75. The highest BCUT2D eigenvalue weighted by molar-refractivity contribution is 5.97. The SMILES string of the molecule is CC1=C(C)C(=O)O[C@]2(C1)O[C@@]1(O)C[C@H]3[C@@H](C[C@H]4O[C@]45CC=CC(=O)[C@]35C)[C@@H]3CC[C@@](O)([C@@H]2C)[C@]31C. The lowest BCUT2D eigenvalue weighted by Gasteiger charge is -2.69. The van der Waals surface area contributed by atoms with Gasteiger partial charge in [0.25, 0.3) is 0 Å². The van der Waals surface area contributed by atoms with Crippen LogP contribution in [-0.2, 0) is 23.8 Å². The molecule has 7 nitrogen and oxygen atoms in total. The van der Waals surface area contributed by atoms with Crippen molar-refractivity contribution in [1.29, 1.82) is 0 Å². The van der Waals surface area contributed by atoms with Crippen LogP contribution in [0.2, 0.25) is 0 Å². The van der Waals surface area contributed by atoms with Gasteiger partial charge in [0.1, 0.15) is 5.60 Å². The van der Waals surface area contributed by atoms with Gasteiger partial charge in [-0.2, -0.15) is 0 Å². The minimum Gasteiger partial charge on any atom is -0.429 e. The van der Waals surface area contributed by atoms with Crippen LogP contribution in [0.5, 0.6) is 0 Å². The van der Waals surface area contributed by atoms with Crippen molar-refractivity contribution in [1.82, 2.24) is 0 Å². The van der Waals surface area contributed by atoms with Crippen LogP contribution in [-0.4, -0.2) is 50.8 Å². The van der Waals surface area contributed by atoms with E-state index in [1.807, 2.05) is 33.8 Å². The molecule has 2 spiro atoms. The predicted octanol–water partition coefficient (Wildman–Crippen LogP) is 3.18. The van der Waals surface area contributed by atoms with E-state index in [4.69, 9.17) is 14.2 Å². The van der Waals surface area contributed by atoms with E-state index in [9.17, 15) is 19.8 Å². The first-order chi connectivity index (χ1) is 16.3. The Kier molecular flexibility index (Phi) is 3.96. The first kappa shape index (κ1) is 22.6. The van der Waals surface area contributed by atoms with Gasteiger partial charge in [0.2, 0.25) is 5.79 Å². The summed E-state index contributed by atoms with van der Waals surface area (Å²) in [6.45, 7) is 9.49. The van der Waals surface area contributed by atoms with Gasteiger partial charge >= 0.3 is 5.97 Å². The van der Waals surface area contributed by atoms with Crippen molar-refractivity contribution in [2.24, 2.45) is 34.5 Å². The first-order valence-corrected chi connectivity index (χ1v) is 13.2. The lowest BCUT2D eigenvalue weighted by atomic mass is 9.41. The van der Waals surface area contributed by atoms with Crippen LogP contribution in [0.15, 0.2) is 23.3 Å². The third-order valence-electron chi connectivity index (χ3n) is 12.4. The number of hydrogen-bond donors (Lipinski definition) is 2. The molecular formula is C28H36O7. The van der Waals surface area contributed by atoms with Gasteiger partial charge in [-0.05, 0) is 70.3 Å². The molecule has 0 bridgehead atoms. The van der Waals surface area contributed by atoms with Crippen LogP contribution >= 0.6 is 0 Å². The van der Waals surface area contributed by atoms with E-state index in [1.54, 1.807) is 13.0 Å². The zero-order chi connectivity index (χ0) is 25.0. The van der Waals surface area contributed by atoms with Crippen LogP contribution in [0.4, 0.5) is 0 Å². The second-order valence-corrected chi connectivity index (χ2v) is 13.0. The van der Waals surface area contributed by atoms with Gasteiger partial charge in [0.05, 0.1) is 28.5 Å². The molecule has 0 aromatic carbocycles. The van der Waals surface area contributed by atoms with E-state index >= 15 is 0 Å². The van der Waals surface area contributed by atoms with Gasteiger partial charge in [-0.25, -0.2) is 4.79 Å². The van der Waals surface area contributed by atoms with Crippen molar-refractivity contribution in [2.75, 3.05) is 0 Å². The fraction of sp³-hybridized carbons (Fsp3) is 0.786. The standard InChI is InChI=1S/C28H36O7/c1-14-12-27(34-22(30)15(14)2)16(3)25(31)10-8-18-17-11-21-26(33-21)9-6-7-20(29)23(26,4)19(17)13-28(32,35-27)24(18,25)5/h6-7,16-19,21,31-32H,8-13H2,1-5H3/t16-,17-,18-,19-,21+,23-,24-,25+,26+,27+,28-/m0/s1. The Morgan fingerprint density at radius 3 is 2.57 bits per heavy atom. The Bertz CT molecular complexity index is 1140. The highest BCUT2D eigenvalue weighted by atomic mass is 16.8. The van der Waals surface area contributed by atoms with E-state index < -0.39 is 45.5 Å². The molecule has 3 saturated carbocycles. The Morgan fingerprint density at radius 2 is 1.86 bits per heavy atom. The number of epoxide rings is 1. The van der Waals surface area contributed by atoms with E-state index in [0.29, 0.717) is 24.8 Å². The molecule has 35 heavy (non-hydrogen) atoms. The summed E-state index contributed by atoms with van der Waals surface area (Å²) in [6.07, 6.45) is 6.91. The predicted molar refractivity (Wildman–Crippen MR) is 123 cm³/mol. The zero-order valence-corrected chi connectivity index (χ0v) is 21.2. The molecule has 0 aromatic heterocycles. The Morgan fingerprint density at radius 1 is 1.11 bits per heavy atom. The number of carbonyl (C=O) groups excluding carboxylic acids is 2. The van der Waals surface area contributed by atoms with Crippen molar-refractivity contribution in [3.8, 4) is 0 Å². The fourth-order valence-corrected chi connectivity index (χ4v) is 9.99. The fourth-order valence-electron chi connectivity index (χ4n) is 9.99. The number of ether oxygens (including phenoxy) is 3. The van der Waals surface area contributed by atoms with Crippen molar-refractivity contribution < 1.29 is 34.0 Å². The molecule has 7 rings (SSSR count). The largest absolute Gasteiger partial charge is 0.429 e. The van der Waals surface area contributed by atoms with Crippen LogP contribution in [0.3, 0.4) is 0 Å². The van der Waals surface area contributed by atoms with Gasteiger partial charge in [-0.1, -0.05) is 25.5 Å². The summed E-state index contributed by atoms with van der Waals surface area (Å²) in [7, 11) is 0. The molecule has 3 heterocycles. The minimum absolute atomic E-state index is 0.0357. The normalized spacial score (nSPS) is 60.0. The second kappa shape index (κ2) is 6.12. The number of aliphatic hydroxyl groups is 2. The van der Waals surface area contributed by atoms with Gasteiger partial charge in [-0.15, -0.1) is 0 Å². The summed E-state index contributed by atoms with van der Waals surface area (Å²) < 4.78 is 18.9. The van der Waals surface area contributed by atoms with Crippen LogP contribution in [0.1, 0.15) is 73.1 Å². The highest BCUT2D eigenvalue weighted by Crippen LogP contribution is 2.77.